The van der Waals surface area contributed by atoms with E-state index in [0.29, 0.717) is 38.9 Å². The van der Waals surface area contributed by atoms with Gasteiger partial charge in [-0.1, -0.05) is 35.5 Å². The standard InChI is InChI=1S/C22H30N4O7/c23-20(18-8-4-5-11-26(18)21(28)29)24-33-19(27)15-31-17-9-12-25(13-10-17)22(30)32-14-16-6-2-1-3-7-16/h1-3,6-7,17-18H,4-5,8-15H2,(H2,23,24)(H,28,29)/t18-/m0/s1. The van der Waals surface area contributed by atoms with Crippen molar-refractivity contribution in [3.63, 3.8) is 0 Å². The van der Waals surface area contributed by atoms with E-state index in [0.717, 1.165) is 18.4 Å². The van der Waals surface area contributed by atoms with Crippen LogP contribution < -0.4 is 5.73 Å². The molecule has 0 bridgehead atoms. The lowest BCUT2D eigenvalue weighted by molar-refractivity contribution is -0.152. The SMILES string of the molecule is N/C(=N/OC(=O)COC1CCN(C(=O)OCc2ccccc2)CC1)[C@@H]1CCCCN1C(=O)O. The largest absolute Gasteiger partial charge is 0.465 e. The van der Waals surface area contributed by atoms with Gasteiger partial charge in [-0.15, -0.1) is 0 Å². The molecule has 11 heteroatoms. The number of likely N-dealkylation sites (tertiary alicyclic amines) is 2. The molecule has 1 aromatic rings. The number of nitrogens with zero attached hydrogens (tertiary/aromatic N) is 3. The van der Waals surface area contributed by atoms with E-state index in [4.69, 9.17) is 20.0 Å². The average Bonchev–Trinajstić information content (AvgIpc) is 2.85. The number of benzene rings is 1. The van der Waals surface area contributed by atoms with Gasteiger partial charge in [0.05, 0.1) is 12.1 Å². The first kappa shape index (κ1) is 24.3. The summed E-state index contributed by atoms with van der Waals surface area (Å²) in [5, 5.41) is 12.9. The first-order valence-corrected chi connectivity index (χ1v) is 11.0. The molecule has 2 heterocycles. The Morgan fingerprint density at radius 3 is 2.48 bits per heavy atom. The molecule has 33 heavy (non-hydrogen) atoms. The number of hydrogen-bond donors (Lipinski definition) is 2. The summed E-state index contributed by atoms with van der Waals surface area (Å²) < 4.78 is 10.9. The third-order valence-corrected chi connectivity index (χ3v) is 5.68. The van der Waals surface area contributed by atoms with Crippen molar-refractivity contribution < 1.29 is 33.8 Å². The lowest BCUT2D eigenvalue weighted by Gasteiger charge is -2.32. The fourth-order valence-corrected chi connectivity index (χ4v) is 3.86. The van der Waals surface area contributed by atoms with E-state index in [-0.39, 0.29) is 31.2 Å². The van der Waals surface area contributed by atoms with Gasteiger partial charge in [0.2, 0.25) is 0 Å². The topological polar surface area (TPSA) is 144 Å². The number of carboxylic acid groups (broad SMARTS) is 1. The maximum Gasteiger partial charge on any atom is 0.410 e. The number of amides is 2. The molecule has 2 aliphatic heterocycles. The van der Waals surface area contributed by atoms with Gasteiger partial charge in [-0.25, -0.2) is 14.4 Å². The minimum absolute atomic E-state index is 0.0484. The number of piperidine rings is 2. The Balaban J connectivity index is 1.34. The fraction of sp³-hybridized carbons (Fsp3) is 0.545. The highest BCUT2D eigenvalue weighted by Gasteiger charge is 2.30. The van der Waals surface area contributed by atoms with E-state index in [1.807, 2.05) is 30.3 Å². The molecule has 2 fully saturated rings. The summed E-state index contributed by atoms with van der Waals surface area (Å²) in [6.45, 7) is 1.20. The zero-order chi connectivity index (χ0) is 23.6. The fourth-order valence-electron chi connectivity index (χ4n) is 3.86. The molecule has 3 N–H and O–H groups in total. The Hall–Kier alpha value is -3.34. The predicted octanol–water partition coefficient (Wildman–Crippen LogP) is 2.15. The lowest BCUT2D eigenvalue weighted by Crippen LogP contribution is -2.50. The second-order valence-corrected chi connectivity index (χ2v) is 8.00. The summed E-state index contributed by atoms with van der Waals surface area (Å²) in [5.74, 6) is -0.770. The molecule has 180 valence electrons. The number of carbonyl (C=O) groups excluding carboxylic acids is 2. The van der Waals surface area contributed by atoms with E-state index >= 15 is 0 Å². The molecule has 1 aromatic carbocycles. The van der Waals surface area contributed by atoms with Gasteiger partial charge in [-0.05, 0) is 37.7 Å². The Morgan fingerprint density at radius 1 is 1.06 bits per heavy atom. The van der Waals surface area contributed by atoms with Crippen molar-refractivity contribution in [2.24, 2.45) is 10.9 Å². The normalized spacial score (nSPS) is 19.8. The van der Waals surface area contributed by atoms with Crippen molar-refractivity contribution in [3.05, 3.63) is 35.9 Å². The first-order valence-electron chi connectivity index (χ1n) is 11.0. The highest BCUT2D eigenvalue weighted by Crippen LogP contribution is 2.18. The molecular formula is C22H30N4O7. The molecule has 3 rings (SSSR count). The summed E-state index contributed by atoms with van der Waals surface area (Å²) >= 11 is 0. The number of nitrogens with two attached hydrogens (primary N) is 1. The molecule has 0 aliphatic carbocycles. The lowest BCUT2D eigenvalue weighted by atomic mass is 10.0. The number of rotatable bonds is 7. The molecule has 2 amide bonds. The van der Waals surface area contributed by atoms with Crippen molar-refractivity contribution in [2.75, 3.05) is 26.2 Å². The van der Waals surface area contributed by atoms with Gasteiger partial charge >= 0.3 is 18.2 Å². The van der Waals surface area contributed by atoms with Crippen molar-refractivity contribution in [1.82, 2.24) is 9.80 Å². The van der Waals surface area contributed by atoms with Gasteiger partial charge in [-0.2, -0.15) is 0 Å². The quantitative estimate of drug-likeness (QED) is 0.271. The monoisotopic (exact) mass is 462 g/mol. The third-order valence-electron chi connectivity index (χ3n) is 5.68. The highest BCUT2D eigenvalue weighted by atomic mass is 16.7. The van der Waals surface area contributed by atoms with Crippen LogP contribution in [0.2, 0.25) is 0 Å². The molecule has 0 aromatic heterocycles. The molecule has 2 aliphatic rings. The van der Waals surface area contributed by atoms with Gasteiger partial charge < -0.3 is 30.1 Å². The van der Waals surface area contributed by atoms with E-state index < -0.39 is 18.1 Å². The Labute approximate surface area is 192 Å². The van der Waals surface area contributed by atoms with Crippen LogP contribution in [0.5, 0.6) is 0 Å². The Bertz CT molecular complexity index is 840. The van der Waals surface area contributed by atoms with Gasteiger partial charge in [0, 0.05) is 19.6 Å². The molecule has 2 saturated heterocycles. The summed E-state index contributed by atoms with van der Waals surface area (Å²) in [7, 11) is 0. The summed E-state index contributed by atoms with van der Waals surface area (Å²) in [5.41, 5.74) is 6.77. The van der Waals surface area contributed by atoms with Gasteiger partial charge in [0.25, 0.3) is 0 Å². The smallest absolute Gasteiger partial charge is 0.410 e. The van der Waals surface area contributed by atoms with Crippen LogP contribution in [0, 0.1) is 0 Å². The van der Waals surface area contributed by atoms with E-state index in [2.05, 4.69) is 5.16 Å². The summed E-state index contributed by atoms with van der Waals surface area (Å²) in [4.78, 5) is 43.1. The van der Waals surface area contributed by atoms with E-state index in [9.17, 15) is 19.5 Å². The van der Waals surface area contributed by atoms with Crippen LogP contribution in [0.3, 0.4) is 0 Å². The maximum atomic E-state index is 12.2. The van der Waals surface area contributed by atoms with Crippen LogP contribution in [0.25, 0.3) is 0 Å². The van der Waals surface area contributed by atoms with Crippen molar-refractivity contribution in [1.29, 1.82) is 0 Å². The second-order valence-electron chi connectivity index (χ2n) is 8.00. The number of carbonyl (C=O) groups is 3. The Morgan fingerprint density at radius 2 is 1.79 bits per heavy atom. The van der Waals surface area contributed by atoms with Crippen molar-refractivity contribution in [3.8, 4) is 0 Å². The van der Waals surface area contributed by atoms with Crippen molar-refractivity contribution >= 4 is 24.0 Å². The molecule has 0 unspecified atom stereocenters. The van der Waals surface area contributed by atoms with Crippen LogP contribution in [0.4, 0.5) is 9.59 Å². The van der Waals surface area contributed by atoms with Gasteiger partial charge in [0.15, 0.2) is 5.84 Å². The molecule has 0 saturated carbocycles. The van der Waals surface area contributed by atoms with Crippen molar-refractivity contribution in [2.45, 2.75) is 50.9 Å². The minimum atomic E-state index is -1.08. The second kappa shape index (κ2) is 12.0. The number of ether oxygens (including phenoxy) is 2. The first-order chi connectivity index (χ1) is 15.9. The highest BCUT2D eigenvalue weighted by molar-refractivity contribution is 5.89. The molecule has 0 spiro atoms. The van der Waals surface area contributed by atoms with Crippen LogP contribution in [-0.2, 0) is 25.7 Å². The summed E-state index contributed by atoms with van der Waals surface area (Å²) in [6.07, 6.45) is 1.58. The van der Waals surface area contributed by atoms with Gasteiger partial charge in [-0.3, -0.25) is 4.90 Å². The Kier molecular flexibility index (Phi) is 8.87. The zero-order valence-electron chi connectivity index (χ0n) is 18.4. The number of hydrogen-bond acceptors (Lipinski definition) is 7. The third kappa shape index (κ3) is 7.35. The number of amidine groups is 1. The van der Waals surface area contributed by atoms with Crippen LogP contribution in [0.1, 0.15) is 37.7 Å². The van der Waals surface area contributed by atoms with Crippen LogP contribution in [0.15, 0.2) is 35.5 Å². The molecule has 1 atom stereocenters. The zero-order valence-corrected chi connectivity index (χ0v) is 18.4. The van der Waals surface area contributed by atoms with E-state index in [1.54, 1.807) is 4.90 Å². The summed E-state index contributed by atoms with van der Waals surface area (Å²) in [6, 6.07) is 8.85. The van der Waals surface area contributed by atoms with Gasteiger partial charge in [0.1, 0.15) is 13.2 Å². The van der Waals surface area contributed by atoms with Crippen LogP contribution in [-0.4, -0.2) is 77.3 Å². The average molecular weight is 463 g/mol. The maximum absolute atomic E-state index is 12.2. The van der Waals surface area contributed by atoms with E-state index in [1.165, 1.54) is 4.90 Å². The minimum Gasteiger partial charge on any atom is -0.465 e. The predicted molar refractivity (Wildman–Crippen MR) is 117 cm³/mol. The molecule has 0 radical (unpaired) electrons. The molecule has 11 nitrogen and oxygen atoms in total. The number of oxime groups is 1. The van der Waals surface area contributed by atoms with Crippen LogP contribution >= 0.6 is 0 Å². The molecular weight excluding hydrogens is 432 g/mol.